The van der Waals surface area contributed by atoms with E-state index in [0.29, 0.717) is 12.4 Å². The van der Waals surface area contributed by atoms with E-state index in [1.807, 2.05) is 30.3 Å². The highest BCUT2D eigenvalue weighted by molar-refractivity contribution is 7.99. The third-order valence-electron chi connectivity index (χ3n) is 2.21. The summed E-state index contributed by atoms with van der Waals surface area (Å²) in [6, 6.07) is 9.56. The molecular formula is C14H19NO2S. The summed E-state index contributed by atoms with van der Waals surface area (Å²) in [5.74, 6) is 1.09. The zero-order valence-corrected chi connectivity index (χ0v) is 11.4. The van der Waals surface area contributed by atoms with Gasteiger partial charge in [0, 0.05) is 11.5 Å². The summed E-state index contributed by atoms with van der Waals surface area (Å²) in [5.41, 5.74) is 6.85. The molecule has 18 heavy (non-hydrogen) atoms. The van der Waals surface area contributed by atoms with E-state index < -0.39 is 6.04 Å². The molecule has 0 amide bonds. The van der Waals surface area contributed by atoms with Gasteiger partial charge in [0.15, 0.2) is 0 Å². The van der Waals surface area contributed by atoms with Gasteiger partial charge in [-0.3, -0.25) is 4.79 Å². The Kier molecular flexibility index (Phi) is 7.22. The van der Waals surface area contributed by atoms with E-state index in [0.717, 1.165) is 5.75 Å². The lowest BCUT2D eigenvalue weighted by Gasteiger charge is -2.08. The molecule has 0 aliphatic rings. The van der Waals surface area contributed by atoms with Crippen LogP contribution in [0, 0.1) is 0 Å². The second-order valence-electron chi connectivity index (χ2n) is 3.71. The van der Waals surface area contributed by atoms with Gasteiger partial charge in [-0.1, -0.05) is 42.5 Å². The summed E-state index contributed by atoms with van der Waals surface area (Å²) in [4.78, 5) is 11.2. The van der Waals surface area contributed by atoms with Gasteiger partial charge in [0.2, 0.25) is 0 Å². The van der Waals surface area contributed by atoms with Crippen LogP contribution in [0.3, 0.4) is 0 Å². The molecule has 0 saturated carbocycles. The molecule has 2 N–H and O–H groups in total. The topological polar surface area (TPSA) is 52.3 Å². The average Bonchev–Trinajstić information content (AvgIpc) is 2.39. The predicted octanol–water partition coefficient (Wildman–Crippen LogP) is 2.32. The van der Waals surface area contributed by atoms with Crippen molar-refractivity contribution in [3.63, 3.8) is 0 Å². The summed E-state index contributed by atoms with van der Waals surface area (Å²) in [5, 5.41) is 0. The normalized spacial score (nSPS) is 12.6. The van der Waals surface area contributed by atoms with E-state index >= 15 is 0 Å². The highest BCUT2D eigenvalue weighted by Gasteiger charge is 2.13. The lowest BCUT2D eigenvalue weighted by atomic mass is 10.2. The van der Waals surface area contributed by atoms with E-state index in [4.69, 9.17) is 10.5 Å². The van der Waals surface area contributed by atoms with E-state index in [2.05, 4.69) is 12.2 Å². The largest absolute Gasteiger partial charge is 0.465 e. The third-order valence-corrected chi connectivity index (χ3v) is 3.23. The van der Waals surface area contributed by atoms with Crippen LogP contribution in [0.5, 0.6) is 0 Å². The monoisotopic (exact) mass is 265 g/mol. The highest BCUT2D eigenvalue weighted by Crippen LogP contribution is 2.06. The van der Waals surface area contributed by atoms with Crippen LogP contribution in [-0.4, -0.2) is 30.1 Å². The number of carbonyl (C=O) groups is 1. The minimum Gasteiger partial charge on any atom is -0.465 e. The summed E-state index contributed by atoms with van der Waals surface area (Å²) < 4.78 is 4.83. The molecule has 1 atom stereocenters. The number of carbonyl (C=O) groups excluding carboxylic acids is 1. The van der Waals surface area contributed by atoms with Gasteiger partial charge in [0.25, 0.3) is 0 Å². The van der Waals surface area contributed by atoms with Crippen molar-refractivity contribution < 1.29 is 9.53 Å². The van der Waals surface area contributed by atoms with E-state index in [-0.39, 0.29) is 5.97 Å². The molecule has 0 fully saturated rings. The van der Waals surface area contributed by atoms with Crippen molar-refractivity contribution >= 4 is 23.8 Å². The Morgan fingerprint density at radius 1 is 1.44 bits per heavy atom. The Bertz CT molecular complexity index is 379. The molecule has 0 bridgehead atoms. The Balaban J connectivity index is 2.19. The standard InChI is InChI=1S/C14H19NO2S/c1-2-17-14(16)13(15)11-18-10-6-9-12-7-4-3-5-8-12/h3-9,13H,2,10-11,15H2,1H3. The molecule has 98 valence electrons. The van der Waals surface area contributed by atoms with Crippen molar-refractivity contribution in [1.29, 1.82) is 0 Å². The maximum atomic E-state index is 11.2. The molecule has 0 aliphatic heterocycles. The van der Waals surface area contributed by atoms with Crippen molar-refractivity contribution in [3.05, 3.63) is 42.0 Å². The number of hydrogen-bond acceptors (Lipinski definition) is 4. The van der Waals surface area contributed by atoms with Crippen molar-refractivity contribution in [2.24, 2.45) is 5.73 Å². The molecule has 0 aromatic heterocycles. The molecule has 4 heteroatoms. The minimum absolute atomic E-state index is 0.322. The van der Waals surface area contributed by atoms with Crippen LogP contribution in [0.15, 0.2) is 36.4 Å². The SMILES string of the molecule is CCOC(=O)C(N)CSCC=Cc1ccccc1. The van der Waals surface area contributed by atoms with Crippen LogP contribution in [0.2, 0.25) is 0 Å². The summed E-state index contributed by atoms with van der Waals surface area (Å²) in [7, 11) is 0. The molecule has 0 spiro atoms. The highest BCUT2D eigenvalue weighted by atomic mass is 32.2. The molecule has 1 rings (SSSR count). The Hall–Kier alpha value is -1.26. The summed E-state index contributed by atoms with van der Waals surface area (Å²) in [6.07, 6.45) is 4.13. The molecule has 1 aromatic rings. The fourth-order valence-electron chi connectivity index (χ4n) is 1.33. The lowest BCUT2D eigenvalue weighted by Crippen LogP contribution is -2.34. The van der Waals surface area contributed by atoms with Gasteiger partial charge in [-0.05, 0) is 12.5 Å². The Labute approximate surface area is 112 Å². The number of benzene rings is 1. The predicted molar refractivity (Wildman–Crippen MR) is 77.4 cm³/mol. The molecule has 0 aliphatic carbocycles. The van der Waals surface area contributed by atoms with Crippen LogP contribution in [0.1, 0.15) is 12.5 Å². The first kappa shape index (κ1) is 14.8. The molecule has 0 heterocycles. The number of rotatable bonds is 7. The Morgan fingerprint density at radius 2 is 2.17 bits per heavy atom. The van der Waals surface area contributed by atoms with Gasteiger partial charge in [-0.25, -0.2) is 0 Å². The molecule has 1 unspecified atom stereocenters. The second kappa shape index (κ2) is 8.78. The average molecular weight is 265 g/mol. The van der Waals surface area contributed by atoms with Crippen LogP contribution in [0.25, 0.3) is 6.08 Å². The van der Waals surface area contributed by atoms with Crippen molar-refractivity contribution in [2.45, 2.75) is 13.0 Å². The minimum atomic E-state index is -0.528. The van der Waals surface area contributed by atoms with Crippen LogP contribution >= 0.6 is 11.8 Å². The number of nitrogens with two attached hydrogens (primary N) is 1. The zero-order chi connectivity index (χ0) is 13.2. The van der Waals surface area contributed by atoms with Crippen molar-refractivity contribution in [2.75, 3.05) is 18.1 Å². The first-order valence-corrected chi connectivity index (χ1v) is 7.11. The van der Waals surface area contributed by atoms with E-state index in [1.54, 1.807) is 18.7 Å². The zero-order valence-electron chi connectivity index (χ0n) is 10.5. The third kappa shape index (κ3) is 5.89. The van der Waals surface area contributed by atoms with Crippen LogP contribution in [-0.2, 0) is 9.53 Å². The fraction of sp³-hybridized carbons (Fsp3) is 0.357. The smallest absolute Gasteiger partial charge is 0.323 e. The first-order valence-electron chi connectivity index (χ1n) is 5.95. The van der Waals surface area contributed by atoms with Gasteiger partial charge in [-0.15, -0.1) is 0 Å². The molecule has 3 nitrogen and oxygen atoms in total. The number of hydrogen-bond donors (Lipinski definition) is 1. The van der Waals surface area contributed by atoms with Gasteiger partial charge in [0.1, 0.15) is 6.04 Å². The molecule has 0 radical (unpaired) electrons. The molecule has 0 saturated heterocycles. The van der Waals surface area contributed by atoms with Crippen molar-refractivity contribution in [3.8, 4) is 0 Å². The maximum absolute atomic E-state index is 11.2. The van der Waals surface area contributed by atoms with Crippen molar-refractivity contribution in [1.82, 2.24) is 0 Å². The maximum Gasteiger partial charge on any atom is 0.323 e. The van der Waals surface area contributed by atoms with E-state index in [1.165, 1.54) is 5.56 Å². The number of esters is 1. The Morgan fingerprint density at radius 3 is 2.83 bits per heavy atom. The number of ether oxygens (including phenoxy) is 1. The van der Waals surface area contributed by atoms with Gasteiger partial charge >= 0.3 is 5.97 Å². The molecule has 1 aromatic carbocycles. The van der Waals surface area contributed by atoms with Gasteiger partial charge in [-0.2, -0.15) is 11.8 Å². The lowest BCUT2D eigenvalue weighted by molar-refractivity contribution is -0.144. The first-order chi connectivity index (χ1) is 8.74. The summed E-state index contributed by atoms with van der Waals surface area (Å²) >= 11 is 1.62. The number of thioether (sulfide) groups is 1. The van der Waals surface area contributed by atoms with Crippen LogP contribution in [0.4, 0.5) is 0 Å². The quantitative estimate of drug-likeness (QED) is 0.607. The summed E-state index contributed by atoms with van der Waals surface area (Å²) in [6.45, 7) is 2.16. The molecular weight excluding hydrogens is 246 g/mol. The van der Waals surface area contributed by atoms with E-state index in [9.17, 15) is 4.79 Å². The van der Waals surface area contributed by atoms with Crippen LogP contribution < -0.4 is 5.73 Å². The second-order valence-corrected chi connectivity index (χ2v) is 4.78. The van der Waals surface area contributed by atoms with Gasteiger partial charge in [0.05, 0.1) is 6.61 Å². The fourth-order valence-corrected chi connectivity index (χ4v) is 2.09. The van der Waals surface area contributed by atoms with Gasteiger partial charge < -0.3 is 10.5 Å².